The minimum Gasteiger partial charge on any atom is -0.339 e. The molecule has 0 radical (unpaired) electrons. The largest absolute Gasteiger partial charge is 0.339 e. The molecule has 0 amide bonds. The second-order valence-electron chi connectivity index (χ2n) is 4.24. The average Bonchev–Trinajstić information content (AvgIpc) is 2.33. The number of anilines is 1. The summed E-state index contributed by atoms with van der Waals surface area (Å²) in [4.78, 5) is 17.1. The predicted molar refractivity (Wildman–Crippen MR) is 60.3 cm³/mol. The fourth-order valence-electron chi connectivity index (χ4n) is 1.81. The summed E-state index contributed by atoms with van der Waals surface area (Å²) in [6.45, 7) is 5.52. The molecule has 2 rings (SSSR count). The van der Waals surface area contributed by atoms with Gasteiger partial charge in [-0.2, -0.15) is 5.10 Å². The number of aldehydes is 1. The second-order valence-corrected chi connectivity index (χ2v) is 4.24. The van der Waals surface area contributed by atoms with E-state index in [0.29, 0.717) is 5.95 Å². The van der Waals surface area contributed by atoms with Crippen molar-refractivity contribution in [2.45, 2.75) is 26.7 Å². The van der Waals surface area contributed by atoms with Gasteiger partial charge in [-0.1, -0.05) is 0 Å². The van der Waals surface area contributed by atoms with Crippen LogP contribution >= 0.6 is 0 Å². The van der Waals surface area contributed by atoms with Gasteiger partial charge in [0.25, 0.3) is 0 Å². The SMILES string of the molecule is Cc1nnc(N2CCC(C=O)CC2)nc1C. The molecule has 16 heavy (non-hydrogen) atoms. The van der Waals surface area contributed by atoms with Crippen LogP contribution in [-0.2, 0) is 4.79 Å². The van der Waals surface area contributed by atoms with Crippen LogP contribution in [0, 0.1) is 19.8 Å². The zero-order valence-corrected chi connectivity index (χ0v) is 9.68. The third-order valence-corrected chi connectivity index (χ3v) is 3.10. The smallest absolute Gasteiger partial charge is 0.245 e. The van der Waals surface area contributed by atoms with Crippen molar-refractivity contribution in [2.24, 2.45) is 5.92 Å². The summed E-state index contributed by atoms with van der Waals surface area (Å²) >= 11 is 0. The molecule has 5 nitrogen and oxygen atoms in total. The van der Waals surface area contributed by atoms with Crippen molar-refractivity contribution in [1.29, 1.82) is 0 Å². The van der Waals surface area contributed by atoms with E-state index >= 15 is 0 Å². The van der Waals surface area contributed by atoms with E-state index in [4.69, 9.17) is 0 Å². The van der Waals surface area contributed by atoms with Gasteiger partial charge < -0.3 is 9.69 Å². The molecule has 1 aliphatic heterocycles. The van der Waals surface area contributed by atoms with Gasteiger partial charge in [0.15, 0.2) is 0 Å². The van der Waals surface area contributed by atoms with Crippen molar-refractivity contribution < 1.29 is 4.79 Å². The predicted octanol–water partition coefficient (Wildman–Crippen LogP) is 0.904. The summed E-state index contributed by atoms with van der Waals surface area (Å²) in [7, 11) is 0. The third-order valence-electron chi connectivity index (χ3n) is 3.10. The van der Waals surface area contributed by atoms with Crippen molar-refractivity contribution in [3.8, 4) is 0 Å². The lowest BCUT2D eigenvalue weighted by molar-refractivity contribution is -0.111. The number of rotatable bonds is 2. The van der Waals surface area contributed by atoms with Crippen molar-refractivity contribution in [2.75, 3.05) is 18.0 Å². The van der Waals surface area contributed by atoms with Gasteiger partial charge in [0.1, 0.15) is 6.29 Å². The van der Waals surface area contributed by atoms with Crippen LogP contribution in [0.2, 0.25) is 0 Å². The Morgan fingerprint density at radius 2 is 1.88 bits per heavy atom. The molecule has 0 aliphatic carbocycles. The fourth-order valence-corrected chi connectivity index (χ4v) is 1.81. The van der Waals surface area contributed by atoms with E-state index in [2.05, 4.69) is 20.1 Å². The normalized spacial score (nSPS) is 17.5. The highest BCUT2D eigenvalue weighted by molar-refractivity contribution is 5.54. The van der Waals surface area contributed by atoms with E-state index in [1.165, 1.54) is 0 Å². The first-order valence-corrected chi connectivity index (χ1v) is 5.59. The van der Waals surface area contributed by atoms with Gasteiger partial charge in [0.2, 0.25) is 5.95 Å². The molecule has 1 aliphatic rings. The van der Waals surface area contributed by atoms with E-state index in [1.807, 2.05) is 13.8 Å². The quantitative estimate of drug-likeness (QED) is 0.693. The number of carbonyl (C=O) groups is 1. The third kappa shape index (κ3) is 2.18. The second kappa shape index (κ2) is 4.55. The van der Waals surface area contributed by atoms with E-state index in [-0.39, 0.29) is 5.92 Å². The number of hydrogen-bond acceptors (Lipinski definition) is 5. The van der Waals surface area contributed by atoms with Gasteiger partial charge in [-0.25, -0.2) is 4.98 Å². The molecule has 1 aromatic rings. The van der Waals surface area contributed by atoms with Crippen LogP contribution in [0.4, 0.5) is 5.95 Å². The van der Waals surface area contributed by atoms with Crippen LogP contribution in [0.25, 0.3) is 0 Å². The zero-order valence-electron chi connectivity index (χ0n) is 9.68. The first kappa shape index (κ1) is 11.0. The Labute approximate surface area is 94.9 Å². The first-order chi connectivity index (χ1) is 7.70. The van der Waals surface area contributed by atoms with Crippen LogP contribution in [0.3, 0.4) is 0 Å². The van der Waals surface area contributed by atoms with E-state index in [1.54, 1.807) is 0 Å². The maximum Gasteiger partial charge on any atom is 0.245 e. The van der Waals surface area contributed by atoms with Crippen molar-refractivity contribution in [1.82, 2.24) is 15.2 Å². The molecule has 0 N–H and O–H groups in total. The Morgan fingerprint density at radius 3 is 2.44 bits per heavy atom. The van der Waals surface area contributed by atoms with Gasteiger partial charge in [-0.3, -0.25) is 0 Å². The summed E-state index contributed by atoms with van der Waals surface area (Å²) in [5.41, 5.74) is 1.79. The van der Waals surface area contributed by atoms with Crippen LogP contribution < -0.4 is 4.90 Å². The molecule has 0 aromatic carbocycles. The number of aromatic nitrogens is 3. The van der Waals surface area contributed by atoms with Crippen LogP contribution in [0.5, 0.6) is 0 Å². The molecule has 1 saturated heterocycles. The zero-order chi connectivity index (χ0) is 11.5. The van der Waals surface area contributed by atoms with E-state index < -0.39 is 0 Å². The van der Waals surface area contributed by atoms with Crippen molar-refractivity contribution >= 4 is 12.2 Å². The van der Waals surface area contributed by atoms with Gasteiger partial charge in [-0.05, 0) is 26.7 Å². The van der Waals surface area contributed by atoms with Crippen molar-refractivity contribution in [3.63, 3.8) is 0 Å². The van der Waals surface area contributed by atoms with Crippen LogP contribution in [0.1, 0.15) is 24.2 Å². The molecule has 0 atom stereocenters. The van der Waals surface area contributed by atoms with Crippen LogP contribution in [0.15, 0.2) is 0 Å². The van der Waals surface area contributed by atoms with Gasteiger partial charge >= 0.3 is 0 Å². The minimum atomic E-state index is 0.204. The average molecular weight is 220 g/mol. The molecule has 1 aromatic heterocycles. The summed E-state index contributed by atoms with van der Waals surface area (Å²) in [6, 6.07) is 0. The van der Waals surface area contributed by atoms with E-state index in [0.717, 1.165) is 43.6 Å². The number of nitrogens with zero attached hydrogens (tertiary/aromatic N) is 4. The van der Waals surface area contributed by atoms with Crippen molar-refractivity contribution in [3.05, 3.63) is 11.4 Å². The highest BCUT2D eigenvalue weighted by Crippen LogP contribution is 2.18. The molecule has 86 valence electrons. The first-order valence-electron chi connectivity index (χ1n) is 5.59. The molecule has 0 spiro atoms. The number of piperidine rings is 1. The van der Waals surface area contributed by atoms with Crippen LogP contribution in [-0.4, -0.2) is 34.6 Å². The minimum absolute atomic E-state index is 0.204. The number of hydrogen-bond donors (Lipinski definition) is 0. The Hall–Kier alpha value is -1.52. The highest BCUT2D eigenvalue weighted by Gasteiger charge is 2.20. The van der Waals surface area contributed by atoms with Gasteiger partial charge in [0.05, 0.1) is 11.4 Å². The Kier molecular flexibility index (Phi) is 3.12. The summed E-state index contributed by atoms with van der Waals surface area (Å²) in [6.07, 6.45) is 2.83. The maximum atomic E-state index is 10.6. The molecular formula is C11H16N4O. The van der Waals surface area contributed by atoms with E-state index in [9.17, 15) is 4.79 Å². The molecular weight excluding hydrogens is 204 g/mol. The lowest BCUT2D eigenvalue weighted by atomic mass is 9.99. The standard InChI is InChI=1S/C11H16N4O/c1-8-9(2)13-14-11(12-8)15-5-3-10(7-16)4-6-15/h7,10H,3-6H2,1-2H3. The fraction of sp³-hybridized carbons (Fsp3) is 0.636. The lowest BCUT2D eigenvalue weighted by Crippen LogP contribution is -2.35. The molecule has 1 fully saturated rings. The topological polar surface area (TPSA) is 59.0 Å². The molecule has 0 saturated carbocycles. The Balaban J connectivity index is 2.08. The monoisotopic (exact) mass is 220 g/mol. The molecule has 0 bridgehead atoms. The summed E-state index contributed by atoms with van der Waals surface area (Å²) < 4.78 is 0. The Morgan fingerprint density at radius 1 is 1.19 bits per heavy atom. The van der Waals surface area contributed by atoms with Gasteiger partial charge in [-0.15, -0.1) is 5.10 Å². The summed E-state index contributed by atoms with van der Waals surface area (Å²) in [5.74, 6) is 0.892. The maximum absolute atomic E-state index is 10.6. The number of carbonyl (C=O) groups excluding carboxylic acids is 1. The number of aryl methyl sites for hydroxylation is 2. The Bertz CT molecular complexity index is 386. The highest BCUT2D eigenvalue weighted by atomic mass is 16.1. The molecule has 5 heteroatoms. The lowest BCUT2D eigenvalue weighted by Gasteiger charge is -2.29. The molecule has 2 heterocycles. The molecule has 0 unspecified atom stereocenters. The van der Waals surface area contributed by atoms with Gasteiger partial charge in [0, 0.05) is 19.0 Å². The summed E-state index contributed by atoms with van der Waals surface area (Å²) in [5, 5.41) is 8.16.